The van der Waals surface area contributed by atoms with Crippen LogP contribution in [0, 0.1) is 11.3 Å². The Hall–Kier alpha value is -2.61. The molecule has 3 rings (SSSR count). The normalized spacial score (nSPS) is 10.6. The van der Waals surface area contributed by atoms with E-state index in [9.17, 15) is 0 Å². The molecule has 0 aliphatic rings. The van der Waals surface area contributed by atoms with Crippen LogP contribution in [0.3, 0.4) is 0 Å². The number of nitriles is 1. The Morgan fingerprint density at radius 3 is 3.06 bits per heavy atom. The smallest absolute Gasteiger partial charge is 0.180 e. The van der Waals surface area contributed by atoms with Crippen LogP contribution in [0.25, 0.3) is 22.1 Å². The molecule has 0 bridgehead atoms. The fourth-order valence-electron chi connectivity index (χ4n) is 1.84. The molecule has 0 radical (unpaired) electrons. The van der Waals surface area contributed by atoms with E-state index in [0.29, 0.717) is 33.4 Å². The number of rotatable bonds is 1. The van der Waals surface area contributed by atoms with Crippen LogP contribution in [0.5, 0.6) is 5.75 Å². The number of nitrogens with zero attached hydrogens (tertiary/aromatic N) is 3. The summed E-state index contributed by atoms with van der Waals surface area (Å²) in [5, 5.41) is 9.77. The van der Waals surface area contributed by atoms with Crippen molar-refractivity contribution in [1.29, 1.82) is 5.26 Å². The molecular formula is C12H7N3O2. The fraction of sp³-hybridized carbons (Fsp3) is 0.0833. The average Bonchev–Trinajstić information content (AvgIpc) is 2.77. The number of hydrogen-bond donors (Lipinski definition) is 0. The van der Waals surface area contributed by atoms with Gasteiger partial charge in [-0.05, 0) is 12.1 Å². The van der Waals surface area contributed by atoms with E-state index in [1.54, 1.807) is 25.4 Å². The summed E-state index contributed by atoms with van der Waals surface area (Å²) in [5.41, 5.74) is 2.22. The molecule has 0 aliphatic carbocycles. The van der Waals surface area contributed by atoms with Gasteiger partial charge in [-0.2, -0.15) is 5.26 Å². The van der Waals surface area contributed by atoms with Crippen LogP contribution in [-0.4, -0.2) is 17.1 Å². The van der Waals surface area contributed by atoms with Gasteiger partial charge < -0.3 is 9.15 Å². The lowest BCUT2D eigenvalue weighted by Crippen LogP contribution is -1.85. The highest BCUT2D eigenvalue weighted by atomic mass is 16.5. The van der Waals surface area contributed by atoms with Crippen molar-refractivity contribution in [2.75, 3.05) is 7.11 Å². The molecule has 0 amide bonds. The Morgan fingerprint density at radius 1 is 1.41 bits per heavy atom. The summed E-state index contributed by atoms with van der Waals surface area (Å²) in [6.45, 7) is 0. The zero-order valence-electron chi connectivity index (χ0n) is 8.97. The highest BCUT2D eigenvalue weighted by Crippen LogP contribution is 2.35. The number of furan rings is 1. The van der Waals surface area contributed by atoms with E-state index in [0.717, 1.165) is 0 Å². The summed E-state index contributed by atoms with van der Waals surface area (Å²) in [7, 11) is 1.56. The molecule has 0 saturated heterocycles. The van der Waals surface area contributed by atoms with E-state index >= 15 is 0 Å². The quantitative estimate of drug-likeness (QED) is 0.635. The van der Waals surface area contributed by atoms with Crippen molar-refractivity contribution in [1.82, 2.24) is 9.97 Å². The second-order valence-electron chi connectivity index (χ2n) is 3.47. The monoisotopic (exact) mass is 225 g/mol. The van der Waals surface area contributed by atoms with Crippen LogP contribution in [0.1, 0.15) is 5.56 Å². The predicted octanol–water partition coefficient (Wildman–Crippen LogP) is 2.26. The fourth-order valence-corrected chi connectivity index (χ4v) is 1.84. The molecule has 0 unspecified atom stereocenters. The largest absolute Gasteiger partial charge is 0.493 e. The maximum absolute atomic E-state index is 9.10. The van der Waals surface area contributed by atoms with E-state index in [1.807, 2.05) is 0 Å². The zero-order valence-corrected chi connectivity index (χ0v) is 8.97. The van der Waals surface area contributed by atoms with Gasteiger partial charge in [0.05, 0.1) is 30.3 Å². The van der Waals surface area contributed by atoms with E-state index in [4.69, 9.17) is 14.4 Å². The first-order chi connectivity index (χ1) is 8.35. The van der Waals surface area contributed by atoms with Gasteiger partial charge >= 0.3 is 0 Å². The first-order valence-electron chi connectivity index (χ1n) is 4.94. The molecule has 1 aromatic carbocycles. The minimum absolute atomic E-state index is 0.512. The summed E-state index contributed by atoms with van der Waals surface area (Å²) in [4.78, 5) is 8.03. The van der Waals surface area contributed by atoms with Gasteiger partial charge in [-0.3, -0.25) is 0 Å². The molecule has 5 heteroatoms. The van der Waals surface area contributed by atoms with Gasteiger partial charge in [0.1, 0.15) is 11.8 Å². The lowest BCUT2D eigenvalue weighted by Gasteiger charge is -2.00. The summed E-state index contributed by atoms with van der Waals surface area (Å²) in [5.74, 6) is 0.581. The molecule has 0 fully saturated rings. The molecule has 2 aromatic heterocycles. The van der Waals surface area contributed by atoms with Crippen LogP contribution in [-0.2, 0) is 0 Å². The molecule has 2 heterocycles. The highest BCUT2D eigenvalue weighted by molar-refractivity contribution is 6.07. The average molecular weight is 225 g/mol. The van der Waals surface area contributed by atoms with Crippen LogP contribution in [0.4, 0.5) is 0 Å². The number of hydrogen-bond acceptors (Lipinski definition) is 5. The minimum Gasteiger partial charge on any atom is -0.493 e. The molecule has 0 atom stereocenters. The first kappa shape index (κ1) is 9.60. The molecule has 5 nitrogen and oxygen atoms in total. The predicted molar refractivity (Wildman–Crippen MR) is 60.6 cm³/mol. The Bertz CT molecular complexity index is 755. The van der Waals surface area contributed by atoms with Gasteiger partial charge in [-0.25, -0.2) is 9.97 Å². The molecule has 0 aliphatic heterocycles. The van der Waals surface area contributed by atoms with E-state index < -0.39 is 0 Å². The molecule has 3 aromatic rings. The molecule has 17 heavy (non-hydrogen) atoms. The van der Waals surface area contributed by atoms with Gasteiger partial charge in [-0.1, -0.05) is 0 Å². The van der Waals surface area contributed by atoms with E-state index in [1.165, 1.54) is 6.33 Å². The Labute approximate surface area is 96.3 Å². The number of methoxy groups -OCH3 is 1. The van der Waals surface area contributed by atoms with Crippen LogP contribution < -0.4 is 4.74 Å². The van der Waals surface area contributed by atoms with Crippen molar-refractivity contribution in [3.05, 3.63) is 30.2 Å². The number of aromatic nitrogens is 2. The third-order valence-corrected chi connectivity index (χ3v) is 2.59. The highest BCUT2D eigenvalue weighted by Gasteiger charge is 2.16. The molecular weight excluding hydrogens is 218 g/mol. The van der Waals surface area contributed by atoms with Gasteiger partial charge in [0.25, 0.3) is 0 Å². The number of benzene rings is 1. The van der Waals surface area contributed by atoms with Crippen molar-refractivity contribution in [2.45, 2.75) is 0 Å². The SMILES string of the molecule is COc1ccc(C#N)c2c1oc1cncnc12. The molecule has 82 valence electrons. The maximum Gasteiger partial charge on any atom is 0.180 e. The Morgan fingerprint density at radius 2 is 2.29 bits per heavy atom. The molecule has 0 spiro atoms. The van der Waals surface area contributed by atoms with Gasteiger partial charge in [-0.15, -0.1) is 0 Å². The molecule has 0 saturated carbocycles. The maximum atomic E-state index is 9.10. The van der Waals surface area contributed by atoms with Crippen molar-refractivity contribution >= 4 is 22.1 Å². The van der Waals surface area contributed by atoms with Gasteiger partial charge in [0.15, 0.2) is 16.9 Å². The molecule has 0 N–H and O–H groups in total. The van der Waals surface area contributed by atoms with Gasteiger partial charge in [0.2, 0.25) is 0 Å². The van der Waals surface area contributed by atoms with Crippen molar-refractivity contribution in [3.8, 4) is 11.8 Å². The third-order valence-electron chi connectivity index (χ3n) is 2.59. The van der Waals surface area contributed by atoms with Gasteiger partial charge in [0, 0.05) is 0 Å². The standard InChI is InChI=1S/C12H7N3O2/c1-16-8-3-2-7(4-13)10-11-9(17-12(8)10)5-14-6-15-11/h2-3,5-6H,1H3. The van der Waals surface area contributed by atoms with E-state index in [2.05, 4.69) is 16.0 Å². The number of ether oxygens (including phenoxy) is 1. The lowest BCUT2D eigenvalue weighted by molar-refractivity contribution is 0.412. The topological polar surface area (TPSA) is 71.9 Å². The summed E-state index contributed by atoms with van der Waals surface area (Å²) < 4.78 is 10.8. The van der Waals surface area contributed by atoms with Crippen molar-refractivity contribution < 1.29 is 9.15 Å². The lowest BCUT2D eigenvalue weighted by atomic mass is 10.1. The number of fused-ring (bicyclic) bond motifs is 3. The second-order valence-corrected chi connectivity index (χ2v) is 3.47. The Kier molecular flexibility index (Phi) is 1.95. The van der Waals surface area contributed by atoms with Crippen LogP contribution in [0.15, 0.2) is 29.1 Å². The van der Waals surface area contributed by atoms with Crippen molar-refractivity contribution in [2.24, 2.45) is 0 Å². The van der Waals surface area contributed by atoms with Crippen LogP contribution >= 0.6 is 0 Å². The first-order valence-corrected chi connectivity index (χ1v) is 4.94. The second kappa shape index (κ2) is 3.46. The summed E-state index contributed by atoms with van der Waals surface area (Å²) in [6, 6.07) is 5.52. The van der Waals surface area contributed by atoms with Crippen LogP contribution in [0.2, 0.25) is 0 Å². The minimum atomic E-state index is 0.512. The third kappa shape index (κ3) is 1.24. The van der Waals surface area contributed by atoms with Crippen molar-refractivity contribution in [3.63, 3.8) is 0 Å². The summed E-state index contributed by atoms with van der Waals surface area (Å²) >= 11 is 0. The Balaban J connectivity index is 2.59. The zero-order chi connectivity index (χ0) is 11.8. The van der Waals surface area contributed by atoms with E-state index in [-0.39, 0.29) is 0 Å². The summed E-state index contributed by atoms with van der Waals surface area (Å²) in [6.07, 6.45) is 3.00.